The van der Waals surface area contributed by atoms with Gasteiger partial charge in [-0.05, 0) is 50.0 Å². The Morgan fingerprint density at radius 2 is 1.87 bits per heavy atom. The number of alkyl halides is 3. The number of hydrogen-bond donors (Lipinski definition) is 1. The Hall–Kier alpha value is -1.55. The zero-order chi connectivity index (χ0) is 22.3. The summed E-state index contributed by atoms with van der Waals surface area (Å²) < 4.78 is 55.0. The quantitative estimate of drug-likeness (QED) is 0.663. The minimum Gasteiger partial charge on any atom is -0.493 e. The Bertz CT molecular complexity index is 673. The number of rotatable bonds is 8. The van der Waals surface area contributed by atoms with Crippen molar-refractivity contribution in [3.05, 3.63) is 23.8 Å². The summed E-state index contributed by atoms with van der Waals surface area (Å²) in [7, 11) is 1.58. The highest BCUT2D eigenvalue weighted by atomic mass is 19.4. The monoisotopic (exact) mass is 446 g/mol. The maximum absolute atomic E-state index is 12.8. The summed E-state index contributed by atoms with van der Waals surface area (Å²) in [6.07, 6.45) is -3.74. The molecular weight excluding hydrogens is 413 g/mol. The van der Waals surface area contributed by atoms with Gasteiger partial charge in [-0.25, -0.2) is 0 Å². The molecule has 0 aromatic heterocycles. The van der Waals surface area contributed by atoms with Crippen molar-refractivity contribution in [3.8, 4) is 11.5 Å². The number of likely N-dealkylation sites (tertiary alicyclic amines) is 1. The van der Waals surface area contributed by atoms with Crippen molar-refractivity contribution in [1.29, 1.82) is 0 Å². The van der Waals surface area contributed by atoms with Gasteiger partial charge in [0.25, 0.3) is 0 Å². The molecule has 3 rings (SSSR count). The third kappa shape index (κ3) is 7.52. The van der Waals surface area contributed by atoms with E-state index < -0.39 is 18.2 Å². The molecule has 2 aliphatic heterocycles. The minimum absolute atomic E-state index is 0.0539. The van der Waals surface area contributed by atoms with Crippen molar-refractivity contribution in [2.24, 2.45) is 5.92 Å². The van der Waals surface area contributed by atoms with Gasteiger partial charge in [0.15, 0.2) is 11.5 Å². The number of ether oxygens (including phenoxy) is 3. The molecule has 0 radical (unpaired) electrons. The second-order valence-corrected chi connectivity index (χ2v) is 8.31. The highest BCUT2D eigenvalue weighted by Gasteiger charge is 2.41. The molecule has 6 nitrogen and oxygen atoms in total. The first kappa shape index (κ1) is 24.1. The van der Waals surface area contributed by atoms with Gasteiger partial charge in [0.05, 0.1) is 19.6 Å². The van der Waals surface area contributed by atoms with Crippen LogP contribution in [0.2, 0.25) is 0 Å². The van der Waals surface area contributed by atoms with E-state index in [1.165, 1.54) is 0 Å². The molecule has 31 heavy (non-hydrogen) atoms. The van der Waals surface area contributed by atoms with Crippen molar-refractivity contribution < 1.29 is 32.5 Å². The average Bonchev–Trinajstić information content (AvgIpc) is 3.01. The molecule has 1 unspecified atom stereocenters. The van der Waals surface area contributed by atoms with Crippen LogP contribution in [0.1, 0.15) is 24.8 Å². The molecule has 1 N–H and O–H groups in total. The second kappa shape index (κ2) is 11.4. The van der Waals surface area contributed by atoms with Crippen LogP contribution in [0.4, 0.5) is 13.2 Å². The number of nitrogens with zero attached hydrogens (tertiary/aromatic N) is 2. The molecule has 1 atom stereocenters. The topological polar surface area (TPSA) is 54.4 Å². The molecule has 2 aliphatic rings. The van der Waals surface area contributed by atoms with E-state index in [-0.39, 0.29) is 19.4 Å². The van der Waals surface area contributed by atoms with Gasteiger partial charge in [-0.3, -0.25) is 4.90 Å². The lowest BCUT2D eigenvalue weighted by molar-refractivity contribution is -0.185. The first-order chi connectivity index (χ1) is 14.8. The number of aliphatic hydroxyl groups excluding tert-OH is 1. The van der Waals surface area contributed by atoms with E-state index in [1.54, 1.807) is 7.11 Å². The number of halogens is 3. The standard InChI is InChI=1S/C22H33F3N2O4/c1-29-21-13-17(14-26-7-2-11-30-12-10-26)3-4-20(21)31-16-19(28)15-27-8-5-18(6-9-27)22(23,24)25/h3-4,13,18-19,28H,2,5-12,14-16H2,1H3. The van der Waals surface area contributed by atoms with Crippen LogP contribution in [-0.2, 0) is 11.3 Å². The lowest BCUT2D eigenvalue weighted by Gasteiger charge is -2.33. The fourth-order valence-corrected chi connectivity index (χ4v) is 4.12. The predicted octanol–water partition coefficient (Wildman–Crippen LogP) is 2.93. The number of piperidine rings is 1. The van der Waals surface area contributed by atoms with Gasteiger partial charge in [-0.15, -0.1) is 0 Å². The Morgan fingerprint density at radius 3 is 2.58 bits per heavy atom. The van der Waals surface area contributed by atoms with Crippen molar-refractivity contribution in [2.45, 2.75) is 38.1 Å². The number of benzene rings is 1. The van der Waals surface area contributed by atoms with E-state index in [9.17, 15) is 18.3 Å². The van der Waals surface area contributed by atoms with Gasteiger partial charge in [-0.2, -0.15) is 13.2 Å². The maximum atomic E-state index is 12.8. The Kier molecular flexibility index (Phi) is 8.83. The van der Waals surface area contributed by atoms with Crippen LogP contribution in [0.15, 0.2) is 18.2 Å². The van der Waals surface area contributed by atoms with Crippen LogP contribution < -0.4 is 9.47 Å². The summed E-state index contributed by atoms with van der Waals surface area (Å²) in [5, 5.41) is 10.3. The van der Waals surface area contributed by atoms with Crippen molar-refractivity contribution in [2.75, 3.05) is 59.7 Å². The molecule has 2 saturated heterocycles. The van der Waals surface area contributed by atoms with E-state index in [4.69, 9.17) is 14.2 Å². The number of β-amino-alcohol motifs (C(OH)–C–C–N with tert-alkyl or cyclic N) is 1. The van der Waals surface area contributed by atoms with Gasteiger partial charge in [-0.1, -0.05) is 6.07 Å². The summed E-state index contributed by atoms with van der Waals surface area (Å²) in [6.45, 7) is 5.25. The fourth-order valence-electron chi connectivity index (χ4n) is 4.12. The van der Waals surface area contributed by atoms with Crippen LogP contribution >= 0.6 is 0 Å². The number of hydrogen-bond acceptors (Lipinski definition) is 6. The zero-order valence-corrected chi connectivity index (χ0v) is 18.1. The van der Waals surface area contributed by atoms with E-state index in [0.29, 0.717) is 31.1 Å². The van der Waals surface area contributed by atoms with Crippen LogP contribution in [0.5, 0.6) is 11.5 Å². The van der Waals surface area contributed by atoms with Gasteiger partial charge in [0.1, 0.15) is 12.7 Å². The second-order valence-electron chi connectivity index (χ2n) is 8.31. The van der Waals surface area contributed by atoms with Gasteiger partial charge in [0, 0.05) is 32.8 Å². The highest BCUT2D eigenvalue weighted by molar-refractivity contribution is 5.43. The normalized spacial score (nSPS) is 20.9. The van der Waals surface area contributed by atoms with Crippen molar-refractivity contribution >= 4 is 0 Å². The molecule has 0 amide bonds. The molecule has 0 bridgehead atoms. The first-order valence-corrected chi connectivity index (χ1v) is 10.9. The summed E-state index contributed by atoms with van der Waals surface area (Å²) in [5.74, 6) is -0.0937. The smallest absolute Gasteiger partial charge is 0.391 e. The van der Waals surface area contributed by atoms with Crippen molar-refractivity contribution in [1.82, 2.24) is 9.80 Å². The van der Waals surface area contributed by atoms with Crippen LogP contribution in [0.25, 0.3) is 0 Å². The summed E-state index contributed by atoms with van der Waals surface area (Å²) in [6, 6.07) is 5.76. The average molecular weight is 447 g/mol. The Balaban J connectivity index is 1.46. The molecule has 2 heterocycles. The van der Waals surface area contributed by atoms with E-state index in [1.807, 2.05) is 23.1 Å². The highest BCUT2D eigenvalue weighted by Crippen LogP contribution is 2.34. The minimum atomic E-state index is -4.13. The predicted molar refractivity (Wildman–Crippen MR) is 110 cm³/mol. The van der Waals surface area contributed by atoms with E-state index >= 15 is 0 Å². The van der Waals surface area contributed by atoms with Gasteiger partial charge in [0.2, 0.25) is 0 Å². The molecule has 0 saturated carbocycles. The van der Waals surface area contributed by atoms with Crippen LogP contribution in [0.3, 0.4) is 0 Å². The zero-order valence-electron chi connectivity index (χ0n) is 18.1. The summed E-state index contributed by atoms with van der Waals surface area (Å²) in [4.78, 5) is 4.20. The number of methoxy groups -OCH3 is 1. The van der Waals surface area contributed by atoms with E-state index in [2.05, 4.69) is 4.90 Å². The molecule has 0 aliphatic carbocycles. The Labute approximate surface area is 181 Å². The summed E-state index contributed by atoms with van der Waals surface area (Å²) in [5.41, 5.74) is 1.11. The SMILES string of the molecule is COc1cc(CN2CCCOCC2)ccc1OCC(O)CN1CCC(C(F)(F)F)CC1. The van der Waals surface area contributed by atoms with Crippen LogP contribution in [0, 0.1) is 5.92 Å². The molecule has 9 heteroatoms. The largest absolute Gasteiger partial charge is 0.493 e. The van der Waals surface area contributed by atoms with Gasteiger partial charge < -0.3 is 24.2 Å². The molecule has 2 fully saturated rings. The van der Waals surface area contributed by atoms with Gasteiger partial charge >= 0.3 is 6.18 Å². The van der Waals surface area contributed by atoms with E-state index in [0.717, 1.165) is 44.8 Å². The fraction of sp³-hybridized carbons (Fsp3) is 0.727. The number of aliphatic hydroxyl groups is 1. The molecule has 176 valence electrons. The third-order valence-electron chi connectivity index (χ3n) is 5.90. The summed E-state index contributed by atoms with van der Waals surface area (Å²) >= 11 is 0. The maximum Gasteiger partial charge on any atom is 0.391 e. The third-order valence-corrected chi connectivity index (χ3v) is 5.90. The lowest BCUT2D eigenvalue weighted by atomic mass is 9.96. The Morgan fingerprint density at radius 1 is 1.10 bits per heavy atom. The lowest BCUT2D eigenvalue weighted by Crippen LogP contribution is -2.43. The van der Waals surface area contributed by atoms with Crippen LogP contribution in [-0.4, -0.2) is 86.8 Å². The molecule has 1 aromatic carbocycles. The molecule has 1 aromatic rings. The molecule has 0 spiro atoms. The van der Waals surface area contributed by atoms with Crippen molar-refractivity contribution in [3.63, 3.8) is 0 Å². The first-order valence-electron chi connectivity index (χ1n) is 10.9. The molecular formula is C22H33F3N2O4.